The lowest BCUT2D eigenvalue weighted by Gasteiger charge is -2.17. The van der Waals surface area contributed by atoms with Gasteiger partial charge >= 0.3 is 11.9 Å². The quantitative estimate of drug-likeness (QED) is 0.0807. The molecule has 2 aromatic carbocycles. The van der Waals surface area contributed by atoms with Crippen LogP contribution in [0.1, 0.15) is 82.2 Å². The van der Waals surface area contributed by atoms with E-state index in [1.807, 2.05) is 74.5 Å². The molecule has 4 atom stereocenters. The minimum absolute atomic E-state index is 0.0413. The summed E-state index contributed by atoms with van der Waals surface area (Å²) in [6.45, 7) is 4.03. The summed E-state index contributed by atoms with van der Waals surface area (Å²) >= 11 is 3.16. The van der Waals surface area contributed by atoms with E-state index >= 15 is 0 Å². The molecule has 4 aromatic rings. The van der Waals surface area contributed by atoms with Gasteiger partial charge in [-0.3, -0.25) is 0 Å². The molecule has 0 saturated heterocycles. The molecule has 0 amide bonds. The number of thiophene rings is 2. The number of ether oxygens (including phenoxy) is 2. The summed E-state index contributed by atoms with van der Waals surface area (Å²) in [5.74, 6) is 10.9. The Kier molecular flexibility index (Phi) is 15.0. The van der Waals surface area contributed by atoms with E-state index in [2.05, 4.69) is 47.9 Å². The minimum Gasteiger partial charge on any atom is -0.457 e. The van der Waals surface area contributed by atoms with E-state index in [1.165, 1.54) is 11.1 Å². The van der Waals surface area contributed by atoms with Crippen molar-refractivity contribution in [3.8, 4) is 23.7 Å². The van der Waals surface area contributed by atoms with Crippen LogP contribution in [0.2, 0.25) is 0 Å². The third kappa shape index (κ3) is 12.8. The summed E-state index contributed by atoms with van der Waals surface area (Å²) in [7, 11) is 0. The SMILES string of the molecule is C[C@@H](COC(=O)C(=O)OC[C@H](C)CC(N)c1ccc(C#CCCc2ccccc2)s1)CC(N)c1ccc(C#CCCc2ccccc2)s1. The highest BCUT2D eigenvalue weighted by Crippen LogP contribution is 2.27. The number of aryl methyl sites for hydroxylation is 2. The van der Waals surface area contributed by atoms with Crippen LogP contribution in [0.4, 0.5) is 0 Å². The molecule has 0 aliphatic rings. The zero-order valence-electron chi connectivity index (χ0n) is 27.7. The van der Waals surface area contributed by atoms with E-state index in [9.17, 15) is 9.59 Å². The fraction of sp³-hybridized carbons (Fsp3) is 0.350. The molecule has 2 unspecified atom stereocenters. The van der Waals surface area contributed by atoms with Crippen molar-refractivity contribution in [3.05, 3.63) is 116 Å². The van der Waals surface area contributed by atoms with Crippen molar-refractivity contribution >= 4 is 34.6 Å². The molecule has 0 saturated carbocycles. The molecule has 0 bridgehead atoms. The maximum atomic E-state index is 12.3. The number of carbonyl (C=O) groups excluding carboxylic acids is 2. The Hall–Kier alpha value is -4.18. The van der Waals surface area contributed by atoms with Crippen LogP contribution >= 0.6 is 22.7 Å². The molecule has 0 aliphatic carbocycles. The van der Waals surface area contributed by atoms with E-state index in [0.29, 0.717) is 12.8 Å². The third-order valence-corrected chi connectivity index (χ3v) is 9.91. The Labute approximate surface area is 292 Å². The van der Waals surface area contributed by atoms with Gasteiger partial charge in [-0.25, -0.2) is 9.59 Å². The lowest BCUT2D eigenvalue weighted by molar-refractivity contribution is -0.169. The normalized spacial score (nSPS) is 13.2. The Bertz CT molecular complexity index is 1580. The Morgan fingerprint density at radius 2 is 1.02 bits per heavy atom. The molecule has 8 heteroatoms. The van der Waals surface area contributed by atoms with E-state index in [1.54, 1.807) is 22.7 Å². The van der Waals surface area contributed by atoms with Gasteiger partial charge in [0.15, 0.2) is 0 Å². The lowest BCUT2D eigenvalue weighted by Crippen LogP contribution is -2.26. The van der Waals surface area contributed by atoms with Crippen LogP contribution < -0.4 is 11.5 Å². The second-order valence-electron chi connectivity index (χ2n) is 12.1. The van der Waals surface area contributed by atoms with Crippen molar-refractivity contribution in [1.82, 2.24) is 0 Å². The van der Waals surface area contributed by atoms with Crippen LogP contribution in [0.25, 0.3) is 0 Å². The van der Waals surface area contributed by atoms with Crippen molar-refractivity contribution in [3.63, 3.8) is 0 Å². The van der Waals surface area contributed by atoms with Crippen LogP contribution in [-0.4, -0.2) is 25.2 Å². The second kappa shape index (κ2) is 19.6. The first-order valence-electron chi connectivity index (χ1n) is 16.4. The van der Waals surface area contributed by atoms with Gasteiger partial charge in [-0.1, -0.05) is 98.2 Å². The Morgan fingerprint density at radius 1 is 0.625 bits per heavy atom. The standard InChI is InChI=1S/C40H44N2O4S2/c1-29(25-35(41)37-23-21-33(47-37)19-11-9-17-31-13-5-3-6-14-31)27-45-39(43)40(44)46-28-30(2)26-36(42)38-24-22-34(48-38)20-12-10-18-32-15-7-4-8-16-32/h3-8,13-16,21-24,29-30,35-36H,9-10,17-18,25-28,41-42H2,1-2H3/t29-,30-,35?,36?/m1/s1. The summed E-state index contributed by atoms with van der Waals surface area (Å²) in [4.78, 5) is 28.6. The number of benzene rings is 2. The van der Waals surface area contributed by atoms with Crippen LogP contribution in [0, 0.1) is 35.5 Å². The van der Waals surface area contributed by atoms with Gasteiger partial charge in [-0.2, -0.15) is 0 Å². The minimum atomic E-state index is -0.996. The largest absolute Gasteiger partial charge is 0.457 e. The fourth-order valence-electron chi connectivity index (χ4n) is 5.03. The predicted octanol–water partition coefficient (Wildman–Crippen LogP) is 7.62. The number of esters is 2. The topological polar surface area (TPSA) is 105 Å². The highest BCUT2D eigenvalue weighted by atomic mass is 32.1. The van der Waals surface area contributed by atoms with E-state index < -0.39 is 11.9 Å². The van der Waals surface area contributed by atoms with Crippen molar-refractivity contribution in [2.75, 3.05) is 13.2 Å². The van der Waals surface area contributed by atoms with Crippen LogP contribution in [0.5, 0.6) is 0 Å². The number of hydrogen-bond donors (Lipinski definition) is 2. The van der Waals surface area contributed by atoms with Crippen LogP contribution in [0.15, 0.2) is 84.9 Å². The zero-order valence-corrected chi connectivity index (χ0v) is 29.3. The highest BCUT2D eigenvalue weighted by molar-refractivity contribution is 7.12. The molecule has 6 nitrogen and oxygen atoms in total. The molecule has 2 aromatic heterocycles. The third-order valence-electron chi connectivity index (χ3n) is 7.65. The summed E-state index contributed by atoms with van der Waals surface area (Å²) in [6, 6.07) is 28.2. The zero-order chi connectivity index (χ0) is 34.1. The summed E-state index contributed by atoms with van der Waals surface area (Å²) in [5.41, 5.74) is 15.4. The van der Waals surface area contributed by atoms with E-state index in [-0.39, 0.29) is 37.1 Å². The number of hydrogen-bond acceptors (Lipinski definition) is 8. The second-order valence-corrected chi connectivity index (χ2v) is 14.3. The maximum absolute atomic E-state index is 12.3. The number of carbonyl (C=O) groups is 2. The molecule has 48 heavy (non-hydrogen) atoms. The highest BCUT2D eigenvalue weighted by Gasteiger charge is 2.22. The first kappa shape index (κ1) is 36.7. The van der Waals surface area contributed by atoms with Gasteiger partial charge in [0, 0.05) is 34.7 Å². The molecule has 0 radical (unpaired) electrons. The van der Waals surface area contributed by atoms with Crippen molar-refractivity contribution in [1.29, 1.82) is 0 Å². The molecule has 0 aliphatic heterocycles. The van der Waals surface area contributed by atoms with Gasteiger partial charge in [0.1, 0.15) is 0 Å². The van der Waals surface area contributed by atoms with Crippen LogP contribution in [-0.2, 0) is 31.9 Å². The number of nitrogens with two attached hydrogens (primary N) is 2. The van der Waals surface area contributed by atoms with Gasteiger partial charge in [0.05, 0.1) is 23.0 Å². The molecule has 4 rings (SSSR count). The smallest absolute Gasteiger partial charge is 0.417 e. The fourth-order valence-corrected chi connectivity index (χ4v) is 6.82. The van der Waals surface area contributed by atoms with Gasteiger partial charge < -0.3 is 20.9 Å². The molecular formula is C40H44N2O4S2. The molecule has 4 N–H and O–H groups in total. The van der Waals surface area contributed by atoms with Gasteiger partial charge in [-0.15, -0.1) is 22.7 Å². The van der Waals surface area contributed by atoms with E-state index in [4.69, 9.17) is 20.9 Å². The number of rotatable bonds is 14. The molecule has 0 fully saturated rings. The Balaban J connectivity index is 1.10. The predicted molar refractivity (Wildman–Crippen MR) is 195 cm³/mol. The van der Waals surface area contributed by atoms with Crippen molar-refractivity contribution in [2.24, 2.45) is 23.3 Å². The molecule has 2 heterocycles. The summed E-state index contributed by atoms with van der Waals surface area (Å²) in [5, 5.41) is 0. The summed E-state index contributed by atoms with van der Waals surface area (Å²) in [6.07, 6.45) is 4.63. The Morgan fingerprint density at radius 3 is 1.42 bits per heavy atom. The van der Waals surface area contributed by atoms with Gasteiger partial charge in [0.2, 0.25) is 0 Å². The van der Waals surface area contributed by atoms with Gasteiger partial charge in [0.25, 0.3) is 0 Å². The molecule has 0 spiro atoms. The maximum Gasteiger partial charge on any atom is 0.417 e. The first-order chi connectivity index (χ1) is 23.3. The molecule has 250 valence electrons. The van der Waals surface area contributed by atoms with Crippen molar-refractivity contribution < 1.29 is 19.1 Å². The monoisotopic (exact) mass is 680 g/mol. The van der Waals surface area contributed by atoms with Crippen LogP contribution in [0.3, 0.4) is 0 Å². The molecular weight excluding hydrogens is 637 g/mol. The average molecular weight is 681 g/mol. The summed E-state index contributed by atoms with van der Waals surface area (Å²) < 4.78 is 10.5. The first-order valence-corrected chi connectivity index (χ1v) is 18.0. The van der Waals surface area contributed by atoms with Crippen molar-refractivity contribution in [2.45, 2.75) is 64.5 Å². The average Bonchev–Trinajstić information content (AvgIpc) is 3.78. The lowest BCUT2D eigenvalue weighted by atomic mass is 10.0. The van der Waals surface area contributed by atoms with E-state index in [0.717, 1.165) is 45.2 Å². The van der Waals surface area contributed by atoms with Gasteiger partial charge in [-0.05, 0) is 72.9 Å².